The first-order valence-electron chi connectivity index (χ1n) is 11.3. The van der Waals surface area contributed by atoms with Crippen LogP contribution in [0.5, 0.6) is 0 Å². The Hall–Kier alpha value is -3.91. The number of ketones is 1. The number of ether oxygens (including phenoxy) is 1. The predicted molar refractivity (Wildman–Crippen MR) is 137 cm³/mol. The van der Waals surface area contributed by atoms with Gasteiger partial charge in [0.15, 0.2) is 6.61 Å². The lowest BCUT2D eigenvalue weighted by Crippen LogP contribution is -2.43. The Morgan fingerprint density at radius 2 is 2.00 bits per heavy atom. The number of para-hydroxylation sites is 1. The van der Waals surface area contributed by atoms with Gasteiger partial charge in [-0.3, -0.25) is 9.59 Å². The Kier molecular flexibility index (Phi) is 7.31. The number of nitrogens with one attached hydrogen (secondary N) is 2. The first-order chi connectivity index (χ1) is 16.9. The van der Waals surface area contributed by atoms with Crippen LogP contribution in [0.25, 0.3) is 10.9 Å². The number of hydrogen-bond acceptors (Lipinski definition) is 5. The van der Waals surface area contributed by atoms with Crippen LogP contribution in [-0.4, -0.2) is 39.9 Å². The maximum atomic E-state index is 13.1. The van der Waals surface area contributed by atoms with Crippen molar-refractivity contribution in [3.8, 4) is 0 Å². The van der Waals surface area contributed by atoms with Gasteiger partial charge in [0.1, 0.15) is 6.04 Å². The van der Waals surface area contributed by atoms with Crippen LogP contribution in [0, 0.1) is 13.8 Å². The van der Waals surface area contributed by atoms with E-state index in [2.05, 4.69) is 16.9 Å². The molecule has 180 valence electrons. The molecule has 2 N–H and O–H groups in total. The number of H-pyrrole nitrogens is 1. The number of carbonyl (C=O) groups excluding carboxylic acids is 3. The fourth-order valence-electron chi connectivity index (χ4n) is 4.16. The Morgan fingerprint density at radius 3 is 2.74 bits per heavy atom. The summed E-state index contributed by atoms with van der Waals surface area (Å²) in [6, 6.07) is 12.0. The molecule has 8 heteroatoms. The number of carbonyl (C=O) groups is 3. The largest absolute Gasteiger partial charge is 0.456 e. The van der Waals surface area contributed by atoms with Gasteiger partial charge in [0.2, 0.25) is 5.78 Å². The minimum atomic E-state index is -0.954. The zero-order valence-corrected chi connectivity index (χ0v) is 20.5. The summed E-state index contributed by atoms with van der Waals surface area (Å²) in [5.74, 6) is -1.31. The van der Waals surface area contributed by atoms with E-state index in [1.165, 1.54) is 11.3 Å². The lowest BCUT2D eigenvalue weighted by molar-refractivity contribution is -0.144. The van der Waals surface area contributed by atoms with Crippen molar-refractivity contribution in [1.82, 2.24) is 14.9 Å². The number of aromatic nitrogens is 2. The molecule has 4 rings (SSSR count). The summed E-state index contributed by atoms with van der Waals surface area (Å²) in [4.78, 5) is 42.3. The number of thiophene rings is 1. The van der Waals surface area contributed by atoms with E-state index in [0.717, 1.165) is 27.9 Å². The highest BCUT2D eigenvalue weighted by molar-refractivity contribution is 7.12. The van der Waals surface area contributed by atoms with Crippen LogP contribution in [0.4, 0.5) is 0 Å². The highest BCUT2D eigenvalue weighted by Gasteiger charge is 2.26. The van der Waals surface area contributed by atoms with Crippen molar-refractivity contribution in [3.63, 3.8) is 0 Å². The lowest BCUT2D eigenvalue weighted by Gasteiger charge is -2.17. The Balaban J connectivity index is 1.50. The average molecular weight is 490 g/mol. The van der Waals surface area contributed by atoms with Crippen molar-refractivity contribution in [2.24, 2.45) is 0 Å². The fourth-order valence-corrected chi connectivity index (χ4v) is 4.79. The van der Waals surface area contributed by atoms with Crippen LogP contribution >= 0.6 is 11.3 Å². The Labute approximate surface area is 207 Å². The topological polar surface area (TPSA) is 93.2 Å². The summed E-state index contributed by atoms with van der Waals surface area (Å²) in [6.45, 7) is 7.70. The van der Waals surface area contributed by atoms with Gasteiger partial charge in [0.05, 0.1) is 4.88 Å². The van der Waals surface area contributed by atoms with Crippen molar-refractivity contribution in [1.29, 1.82) is 0 Å². The third kappa shape index (κ3) is 5.27. The van der Waals surface area contributed by atoms with E-state index in [0.29, 0.717) is 17.0 Å². The van der Waals surface area contributed by atoms with E-state index >= 15 is 0 Å². The number of aromatic amines is 1. The average Bonchev–Trinajstić information content (AvgIpc) is 3.59. The third-order valence-electron chi connectivity index (χ3n) is 5.97. The number of hydrogen-bond donors (Lipinski definition) is 2. The van der Waals surface area contributed by atoms with Gasteiger partial charge in [-0.05, 0) is 43.0 Å². The van der Waals surface area contributed by atoms with Gasteiger partial charge < -0.3 is 19.6 Å². The normalized spacial score (nSPS) is 11.8. The van der Waals surface area contributed by atoms with Crippen LogP contribution in [0.2, 0.25) is 0 Å². The van der Waals surface area contributed by atoms with Gasteiger partial charge in [-0.1, -0.05) is 30.3 Å². The van der Waals surface area contributed by atoms with Gasteiger partial charge >= 0.3 is 5.97 Å². The second-order valence-corrected chi connectivity index (χ2v) is 9.23. The molecule has 0 bridgehead atoms. The van der Waals surface area contributed by atoms with Crippen molar-refractivity contribution in [2.75, 3.05) is 6.61 Å². The van der Waals surface area contributed by atoms with Gasteiger partial charge in [-0.15, -0.1) is 17.9 Å². The first-order valence-corrected chi connectivity index (χ1v) is 12.1. The van der Waals surface area contributed by atoms with Crippen molar-refractivity contribution < 1.29 is 19.1 Å². The molecule has 7 nitrogen and oxygen atoms in total. The number of aryl methyl sites for hydroxylation is 1. The van der Waals surface area contributed by atoms with Gasteiger partial charge in [-0.2, -0.15) is 0 Å². The van der Waals surface area contributed by atoms with Crippen LogP contribution in [0.3, 0.4) is 0 Å². The minimum absolute atomic E-state index is 0.224. The summed E-state index contributed by atoms with van der Waals surface area (Å²) in [5.41, 5.74) is 4.04. The van der Waals surface area contributed by atoms with E-state index in [9.17, 15) is 14.4 Å². The molecule has 0 radical (unpaired) electrons. The van der Waals surface area contributed by atoms with Crippen molar-refractivity contribution >= 4 is 39.9 Å². The molecule has 1 unspecified atom stereocenters. The fraction of sp³-hybridized carbons (Fsp3) is 0.222. The second-order valence-electron chi connectivity index (χ2n) is 8.28. The van der Waals surface area contributed by atoms with E-state index in [4.69, 9.17) is 4.74 Å². The number of esters is 1. The SMILES string of the molecule is C=CCn1c(C)cc(C(=O)COC(=O)C(Cc2c[nH]c3ccccc23)NC(=O)c2cccs2)c1C. The highest BCUT2D eigenvalue weighted by atomic mass is 32.1. The monoisotopic (exact) mass is 489 g/mol. The number of fused-ring (bicyclic) bond motifs is 1. The van der Waals surface area contributed by atoms with E-state index in [1.807, 2.05) is 48.9 Å². The van der Waals surface area contributed by atoms with Gasteiger partial charge in [0.25, 0.3) is 5.91 Å². The molecule has 4 aromatic rings. The molecule has 1 atom stereocenters. The summed E-state index contributed by atoms with van der Waals surface area (Å²) >= 11 is 1.29. The molecule has 35 heavy (non-hydrogen) atoms. The number of nitrogens with zero attached hydrogens (tertiary/aromatic N) is 1. The molecule has 0 fully saturated rings. The summed E-state index contributed by atoms with van der Waals surface area (Å²) < 4.78 is 7.40. The Bertz CT molecular complexity index is 1380. The maximum absolute atomic E-state index is 13.1. The number of Topliss-reactive ketones (excluding diaryl/α,β-unsaturated/α-hetero) is 1. The number of amides is 1. The van der Waals surface area contributed by atoms with E-state index in [1.54, 1.807) is 29.7 Å². The van der Waals surface area contributed by atoms with Gasteiger partial charge in [0, 0.05) is 47.0 Å². The van der Waals surface area contributed by atoms with Crippen LogP contribution in [0.1, 0.15) is 37.0 Å². The Morgan fingerprint density at radius 1 is 1.20 bits per heavy atom. The molecular formula is C27H27N3O4S. The standard InChI is InChI=1S/C27H27N3O4S/c1-4-11-30-17(2)13-21(18(30)3)24(31)16-34-27(33)23(29-26(32)25-10-7-12-35-25)14-19-15-28-22-9-6-5-8-20(19)22/h4-10,12-13,15,23,28H,1,11,14,16H2,2-3H3,(H,29,32). The number of rotatable bonds is 10. The molecule has 0 aliphatic carbocycles. The molecule has 0 aliphatic rings. The molecule has 3 heterocycles. The zero-order chi connectivity index (χ0) is 24.9. The predicted octanol–water partition coefficient (Wildman–Crippen LogP) is 4.60. The first kappa shape index (κ1) is 24.2. The minimum Gasteiger partial charge on any atom is -0.456 e. The number of allylic oxidation sites excluding steroid dienone is 1. The molecule has 0 saturated carbocycles. The van der Waals surface area contributed by atoms with Crippen LogP contribution in [0.15, 0.2) is 66.7 Å². The van der Waals surface area contributed by atoms with Crippen molar-refractivity contribution in [2.45, 2.75) is 32.9 Å². The maximum Gasteiger partial charge on any atom is 0.329 e. The van der Waals surface area contributed by atoms with E-state index in [-0.39, 0.29) is 18.1 Å². The summed E-state index contributed by atoms with van der Waals surface area (Å²) in [7, 11) is 0. The highest BCUT2D eigenvalue weighted by Crippen LogP contribution is 2.20. The zero-order valence-electron chi connectivity index (χ0n) is 19.7. The van der Waals surface area contributed by atoms with Crippen molar-refractivity contribution in [3.05, 3.63) is 94.1 Å². The smallest absolute Gasteiger partial charge is 0.329 e. The molecule has 1 aromatic carbocycles. The lowest BCUT2D eigenvalue weighted by atomic mass is 10.0. The second kappa shape index (κ2) is 10.6. The van der Waals surface area contributed by atoms with E-state index < -0.39 is 18.6 Å². The quantitative estimate of drug-likeness (QED) is 0.193. The molecule has 0 aliphatic heterocycles. The summed E-state index contributed by atoms with van der Waals surface area (Å²) in [6.07, 6.45) is 3.81. The molecular weight excluding hydrogens is 462 g/mol. The molecule has 0 saturated heterocycles. The van der Waals surface area contributed by atoms with Gasteiger partial charge in [-0.25, -0.2) is 4.79 Å². The number of benzene rings is 1. The van der Waals surface area contributed by atoms with Crippen LogP contribution in [-0.2, 0) is 22.5 Å². The van der Waals surface area contributed by atoms with Crippen LogP contribution < -0.4 is 5.32 Å². The third-order valence-corrected chi connectivity index (χ3v) is 6.83. The molecule has 0 spiro atoms. The molecule has 3 aromatic heterocycles. The molecule has 1 amide bonds. The summed E-state index contributed by atoms with van der Waals surface area (Å²) in [5, 5.41) is 5.54.